The molecular formula is C23H29FN4O3S. The Labute approximate surface area is 191 Å². The van der Waals surface area contributed by atoms with Crippen molar-refractivity contribution in [1.82, 2.24) is 15.1 Å². The van der Waals surface area contributed by atoms with Crippen molar-refractivity contribution in [2.75, 3.05) is 57.4 Å². The predicted octanol–water partition coefficient (Wildman–Crippen LogP) is 2.11. The van der Waals surface area contributed by atoms with Crippen molar-refractivity contribution in [3.05, 3.63) is 52.5 Å². The maximum absolute atomic E-state index is 13.3. The Kier molecular flexibility index (Phi) is 7.39. The molecule has 2 aromatic rings. The summed E-state index contributed by atoms with van der Waals surface area (Å²) in [6.07, 6.45) is 0. The summed E-state index contributed by atoms with van der Waals surface area (Å²) in [4.78, 5) is 32.5. The highest BCUT2D eigenvalue weighted by atomic mass is 32.1. The van der Waals surface area contributed by atoms with Crippen molar-refractivity contribution in [3.8, 4) is 0 Å². The number of anilines is 1. The number of nitrogens with zero attached hydrogens (tertiary/aromatic N) is 3. The molecule has 2 aliphatic heterocycles. The van der Waals surface area contributed by atoms with Crippen molar-refractivity contribution in [1.29, 1.82) is 0 Å². The molecule has 0 spiro atoms. The molecule has 2 saturated heterocycles. The standard InChI is InChI=1S/C23H29FN4O3S/c1-17(25-22(29)23(30)28-12-14-31-15-13-28)21(20-3-2-16-32-20)27-10-8-26(9-11-27)19-6-4-18(24)5-7-19/h2-7,16-17,21H,8-15H2,1H3,(H,25,29)/t17-,21-/m1/s1. The molecule has 0 radical (unpaired) electrons. The number of benzene rings is 1. The van der Waals surface area contributed by atoms with Crippen molar-refractivity contribution in [2.45, 2.75) is 19.0 Å². The highest BCUT2D eigenvalue weighted by molar-refractivity contribution is 7.10. The second kappa shape index (κ2) is 10.4. The van der Waals surface area contributed by atoms with E-state index in [1.54, 1.807) is 16.2 Å². The van der Waals surface area contributed by atoms with Gasteiger partial charge in [0.15, 0.2) is 0 Å². The summed E-state index contributed by atoms with van der Waals surface area (Å²) < 4.78 is 18.5. The number of hydrogen-bond donors (Lipinski definition) is 1. The van der Waals surface area contributed by atoms with Gasteiger partial charge < -0.3 is 19.9 Å². The Morgan fingerprint density at radius 3 is 2.34 bits per heavy atom. The summed E-state index contributed by atoms with van der Waals surface area (Å²) in [5, 5.41) is 4.98. The minimum absolute atomic E-state index is 0.0215. The number of carbonyl (C=O) groups excluding carboxylic acids is 2. The summed E-state index contributed by atoms with van der Waals surface area (Å²) in [7, 11) is 0. The van der Waals surface area contributed by atoms with E-state index >= 15 is 0 Å². The number of morpholine rings is 1. The van der Waals surface area contributed by atoms with Gasteiger partial charge >= 0.3 is 11.8 Å². The van der Waals surface area contributed by atoms with E-state index in [0.717, 1.165) is 36.7 Å². The van der Waals surface area contributed by atoms with E-state index < -0.39 is 11.8 Å². The largest absolute Gasteiger partial charge is 0.378 e. The van der Waals surface area contributed by atoms with Gasteiger partial charge in [0.2, 0.25) is 0 Å². The normalized spacial score (nSPS) is 19.4. The number of nitrogens with one attached hydrogen (secondary N) is 1. The summed E-state index contributed by atoms with van der Waals surface area (Å²) in [5.74, 6) is -1.29. The zero-order valence-electron chi connectivity index (χ0n) is 18.2. The number of amides is 2. The van der Waals surface area contributed by atoms with Crippen molar-refractivity contribution < 1.29 is 18.7 Å². The summed E-state index contributed by atoms with van der Waals surface area (Å²) in [6.45, 7) is 6.99. The lowest BCUT2D eigenvalue weighted by Gasteiger charge is -2.42. The molecule has 172 valence electrons. The lowest BCUT2D eigenvalue weighted by molar-refractivity contribution is -0.149. The summed E-state index contributed by atoms with van der Waals surface area (Å²) >= 11 is 1.66. The number of hydrogen-bond acceptors (Lipinski definition) is 6. The Morgan fingerprint density at radius 2 is 1.72 bits per heavy atom. The van der Waals surface area contributed by atoms with Gasteiger partial charge in [0.1, 0.15) is 5.82 Å². The maximum atomic E-state index is 13.3. The van der Waals surface area contributed by atoms with Gasteiger partial charge in [-0.2, -0.15) is 0 Å². The fraction of sp³-hybridized carbons (Fsp3) is 0.478. The first kappa shape index (κ1) is 22.7. The average Bonchev–Trinajstić information content (AvgIpc) is 3.34. The third-order valence-corrected chi connectivity index (χ3v) is 7.00. The van der Waals surface area contributed by atoms with Crippen LogP contribution >= 0.6 is 11.3 Å². The van der Waals surface area contributed by atoms with Gasteiger partial charge in [-0.05, 0) is 42.6 Å². The van der Waals surface area contributed by atoms with E-state index in [9.17, 15) is 14.0 Å². The monoisotopic (exact) mass is 460 g/mol. The van der Waals surface area contributed by atoms with Gasteiger partial charge in [0.25, 0.3) is 0 Å². The molecule has 2 atom stereocenters. The van der Waals surface area contributed by atoms with E-state index in [1.807, 2.05) is 30.5 Å². The molecule has 0 unspecified atom stereocenters. The number of halogens is 1. The molecule has 1 N–H and O–H groups in total. The Hall–Kier alpha value is -2.49. The van der Waals surface area contributed by atoms with Gasteiger partial charge in [0, 0.05) is 55.9 Å². The molecule has 2 amide bonds. The molecule has 0 aliphatic carbocycles. The summed E-state index contributed by atoms with van der Waals surface area (Å²) in [5.41, 5.74) is 1.01. The van der Waals surface area contributed by atoms with E-state index in [0.29, 0.717) is 26.3 Å². The van der Waals surface area contributed by atoms with Crippen LogP contribution in [-0.2, 0) is 14.3 Å². The van der Waals surface area contributed by atoms with Crippen LogP contribution in [0.4, 0.5) is 10.1 Å². The molecular weight excluding hydrogens is 431 g/mol. The van der Waals surface area contributed by atoms with Crippen molar-refractivity contribution in [3.63, 3.8) is 0 Å². The quantitative estimate of drug-likeness (QED) is 0.693. The number of thiophene rings is 1. The second-order valence-electron chi connectivity index (χ2n) is 8.13. The van der Waals surface area contributed by atoms with E-state index in [-0.39, 0.29) is 17.9 Å². The Morgan fingerprint density at radius 1 is 1.03 bits per heavy atom. The average molecular weight is 461 g/mol. The second-order valence-corrected chi connectivity index (χ2v) is 9.11. The zero-order valence-corrected chi connectivity index (χ0v) is 19.0. The van der Waals surface area contributed by atoms with Crippen LogP contribution in [0, 0.1) is 5.82 Å². The van der Waals surface area contributed by atoms with Gasteiger partial charge in [-0.15, -0.1) is 11.3 Å². The SMILES string of the molecule is C[C@@H](NC(=O)C(=O)N1CCOCC1)[C@H](c1cccs1)N1CCN(c2ccc(F)cc2)CC1. The number of rotatable bonds is 5. The first-order valence-electron chi connectivity index (χ1n) is 11.0. The van der Waals surface area contributed by atoms with Gasteiger partial charge in [0.05, 0.1) is 19.3 Å². The molecule has 3 heterocycles. The fourth-order valence-corrected chi connectivity index (χ4v) is 5.33. The van der Waals surface area contributed by atoms with Crippen LogP contribution in [0.5, 0.6) is 0 Å². The van der Waals surface area contributed by atoms with Crippen LogP contribution in [0.25, 0.3) is 0 Å². The highest BCUT2D eigenvalue weighted by Gasteiger charge is 2.33. The smallest absolute Gasteiger partial charge is 0.312 e. The maximum Gasteiger partial charge on any atom is 0.312 e. The van der Waals surface area contributed by atoms with Crippen LogP contribution in [0.2, 0.25) is 0 Å². The molecule has 1 aromatic carbocycles. The minimum atomic E-state index is -0.564. The van der Waals surface area contributed by atoms with E-state index in [1.165, 1.54) is 12.1 Å². The molecule has 9 heteroatoms. The lowest BCUT2D eigenvalue weighted by Crippen LogP contribution is -2.54. The number of carbonyl (C=O) groups is 2. The minimum Gasteiger partial charge on any atom is -0.378 e. The third-order valence-electron chi connectivity index (χ3n) is 6.06. The van der Waals surface area contributed by atoms with Crippen molar-refractivity contribution in [2.24, 2.45) is 0 Å². The van der Waals surface area contributed by atoms with Crippen LogP contribution < -0.4 is 10.2 Å². The predicted molar refractivity (Wildman–Crippen MR) is 122 cm³/mol. The van der Waals surface area contributed by atoms with Gasteiger partial charge in [-0.1, -0.05) is 6.07 Å². The van der Waals surface area contributed by atoms with Gasteiger partial charge in [-0.3, -0.25) is 14.5 Å². The third kappa shape index (κ3) is 5.28. The molecule has 1 aromatic heterocycles. The first-order valence-corrected chi connectivity index (χ1v) is 11.9. The highest BCUT2D eigenvalue weighted by Crippen LogP contribution is 2.30. The van der Waals surface area contributed by atoms with Crippen molar-refractivity contribution >= 4 is 28.8 Å². The topological polar surface area (TPSA) is 65.1 Å². The van der Waals surface area contributed by atoms with E-state index in [2.05, 4.69) is 21.2 Å². The first-order chi connectivity index (χ1) is 15.5. The van der Waals surface area contributed by atoms with Crippen LogP contribution in [0.1, 0.15) is 17.8 Å². The molecule has 32 heavy (non-hydrogen) atoms. The molecule has 2 fully saturated rings. The molecule has 2 aliphatic rings. The van der Waals surface area contributed by atoms with Crippen LogP contribution in [0.3, 0.4) is 0 Å². The van der Waals surface area contributed by atoms with Crippen LogP contribution in [-0.4, -0.2) is 80.1 Å². The Balaban J connectivity index is 1.41. The molecule has 7 nitrogen and oxygen atoms in total. The molecule has 0 saturated carbocycles. The van der Waals surface area contributed by atoms with Gasteiger partial charge in [-0.25, -0.2) is 4.39 Å². The Bertz CT molecular complexity index is 894. The molecule has 4 rings (SSSR count). The number of piperazine rings is 1. The summed E-state index contributed by atoms with van der Waals surface area (Å²) in [6, 6.07) is 10.4. The number of ether oxygens (including phenoxy) is 1. The zero-order chi connectivity index (χ0) is 22.5. The molecule has 0 bridgehead atoms. The fourth-order valence-electron chi connectivity index (χ4n) is 4.37. The van der Waals surface area contributed by atoms with Crippen LogP contribution in [0.15, 0.2) is 41.8 Å². The lowest BCUT2D eigenvalue weighted by atomic mass is 10.0. The van der Waals surface area contributed by atoms with E-state index in [4.69, 9.17) is 4.74 Å².